The summed E-state index contributed by atoms with van der Waals surface area (Å²) in [6.45, 7) is 2.76. The maximum atomic E-state index is 13.5. The minimum Gasteiger partial charge on any atom is -0.389 e. The van der Waals surface area contributed by atoms with Crippen molar-refractivity contribution in [1.29, 1.82) is 0 Å². The van der Waals surface area contributed by atoms with Crippen LogP contribution in [-0.4, -0.2) is 14.5 Å². The van der Waals surface area contributed by atoms with E-state index in [0.29, 0.717) is 12.1 Å². The van der Waals surface area contributed by atoms with Gasteiger partial charge in [-0.3, -0.25) is 0 Å². The summed E-state index contributed by atoms with van der Waals surface area (Å²) < 4.78 is 15.6. The van der Waals surface area contributed by atoms with Crippen LogP contribution in [0.15, 0.2) is 30.6 Å². The minimum atomic E-state index is -0.379. The highest BCUT2D eigenvalue weighted by Crippen LogP contribution is 2.13. The fourth-order valence-electron chi connectivity index (χ4n) is 1.99. The first kappa shape index (κ1) is 13.7. The average molecular weight is 277 g/mol. The largest absolute Gasteiger partial charge is 0.389 e. The zero-order chi connectivity index (χ0) is 13.8. The maximum absolute atomic E-state index is 13.5. The molecule has 0 unspecified atom stereocenters. The third-order valence-corrected chi connectivity index (χ3v) is 3.14. The lowest BCUT2D eigenvalue weighted by Gasteiger charge is -2.09. The molecular formula is C14H16FN3S. The summed E-state index contributed by atoms with van der Waals surface area (Å²) in [6.07, 6.45) is 5.67. The van der Waals surface area contributed by atoms with Crippen LogP contribution in [0.2, 0.25) is 0 Å². The lowest BCUT2D eigenvalue weighted by atomic mass is 10.1. The van der Waals surface area contributed by atoms with Gasteiger partial charge < -0.3 is 10.3 Å². The molecule has 2 N–H and O–H groups in total. The Kier molecular flexibility index (Phi) is 4.27. The molecule has 5 heteroatoms. The fourth-order valence-corrected chi connectivity index (χ4v) is 2.15. The van der Waals surface area contributed by atoms with Gasteiger partial charge in [-0.1, -0.05) is 25.2 Å². The summed E-state index contributed by atoms with van der Waals surface area (Å²) in [4.78, 5) is 4.40. The van der Waals surface area contributed by atoms with Crippen molar-refractivity contribution in [3.8, 4) is 0 Å². The van der Waals surface area contributed by atoms with Gasteiger partial charge in [-0.05, 0) is 24.1 Å². The highest BCUT2D eigenvalue weighted by Gasteiger charge is 2.08. The molecule has 0 fully saturated rings. The van der Waals surface area contributed by atoms with E-state index < -0.39 is 0 Å². The normalized spacial score (nSPS) is 10.6. The SMILES string of the molecule is CCCc1nccn1Cc1ccc(F)c(C(N)=S)c1. The predicted octanol–water partition coefficient (Wildman–Crippen LogP) is 2.66. The van der Waals surface area contributed by atoms with Crippen LogP contribution in [0.4, 0.5) is 4.39 Å². The van der Waals surface area contributed by atoms with E-state index in [1.54, 1.807) is 18.3 Å². The molecule has 19 heavy (non-hydrogen) atoms. The number of imidazole rings is 1. The highest BCUT2D eigenvalue weighted by atomic mass is 32.1. The third-order valence-electron chi connectivity index (χ3n) is 2.92. The Morgan fingerprint density at radius 2 is 2.26 bits per heavy atom. The van der Waals surface area contributed by atoms with Crippen molar-refractivity contribution in [3.63, 3.8) is 0 Å². The molecule has 0 radical (unpaired) electrons. The van der Waals surface area contributed by atoms with Gasteiger partial charge in [0.15, 0.2) is 0 Å². The van der Waals surface area contributed by atoms with Crippen LogP contribution in [0.1, 0.15) is 30.3 Å². The van der Waals surface area contributed by atoms with Crippen molar-refractivity contribution in [2.24, 2.45) is 5.73 Å². The minimum absolute atomic E-state index is 0.0822. The number of nitrogens with two attached hydrogens (primary N) is 1. The number of hydrogen-bond donors (Lipinski definition) is 1. The Hall–Kier alpha value is -1.75. The summed E-state index contributed by atoms with van der Waals surface area (Å²) in [5.41, 5.74) is 6.76. The van der Waals surface area contributed by atoms with Crippen molar-refractivity contribution >= 4 is 17.2 Å². The van der Waals surface area contributed by atoms with Crippen LogP contribution in [0.3, 0.4) is 0 Å². The zero-order valence-corrected chi connectivity index (χ0v) is 11.6. The molecule has 0 saturated heterocycles. The first-order valence-electron chi connectivity index (χ1n) is 6.20. The molecule has 0 amide bonds. The van der Waals surface area contributed by atoms with E-state index in [4.69, 9.17) is 18.0 Å². The summed E-state index contributed by atoms with van der Waals surface area (Å²) in [5, 5.41) is 0. The van der Waals surface area contributed by atoms with Crippen molar-refractivity contribution in [2.45, 2.75) is 26.3 Å². The van der Waals surface area contributed by atoms with Gasteiger partial charge in [0.1, 0.15) is 16.6 Å². The third kappa shape index (κ3) is 3.17. The van der Waals surface area contributed by atoms with Crippen LogP contribution in [-0.2, 0) is 13.0 Å². The maximum Gasteiger partial charge on any atom is 0.133 e. The Morgan fingerprint density at radius 1 is 1.47 bits per heavy atom. The zero-order valence-electron chi connectivity index (χ0n) is 10.8. The monoisotopic (exact) mass is 277 g/mol. The number of halogens is 1. The Bertz CT molecular complexity index is 592. The number of nitrogens with zero attached hydrogens (tertiary/aromatic N) is 2. The van der Waals surface area contributed by atoms with E-state index in [9.17, 15) is 4.39 Å². The van der Waals surface area contributed by atoms with Crippen molar-refractivity contribution in [3.05, 3.63) is 53.4 Å². The van der Waals surface area contributed by atoms with E-state index in [2.05, 4.69) is 16.5 Å². The number of benzene rings is 1. The number of aryl methyl sites for hydroxylation is 1. The van der Waals surface area contributed by atoms with Gasteiger partial charge in [-0.2, -0.15) is 0 Å². The first-order chi connectivity index (χ1) is 9.11. The summed E-state index contributed by atoms with van der Waals surface area (Å²) in [6, 6.07) is 4.85. The van der Waals surface area contributed by atoms with Gasteiger partial charge in [0.05, 0.1) is 0 Å². The highest BCUT2D eigenvalue weighted by molar-refractivity contribution is 7.80. The van der Waals surface area contributed by atoms with Gasteiger partial charge in [0, 0.05) is 30.9 Å². The molecule has 1 aromatic heterocycles. The first-order valence-corrected chi connectivity index (χ1v) is 6.61. The molecule has 2 aromatic rings. The molecule has 0 aliphatic rings. The Morgan fingerprint density at radius 3 is 2.95 bits per heavy atom. The van der Waals surface area contributed by atoms with Crippen LogP contribution < -0.4 is 5.73 Å². The lowest BCUT2D eigenvalue weighted by molar-refractivity contribution is 0.623. The number of thiocarbonyl (C=S) groups is 1. The van der Waals surface area contributed by atoms with E-state index >= 15 is 0 Å². The molecule has 0 saturated carbocycles. The topological polar surface area (TPSA) is 43.8 Å². The van der Waals surface area contributed by atoms with Crippen molar-refractivity contribution in [1.82, 2.24) is 9.55 Å². The number of aromatic nitrogens is 2. The predicted molar refractivity (Wildman–Crippen MR) is 77.6 cm³/mol. The van der Waals surface area contributed by atoms with E-state index in [1.807, 2.05) is 6.20 Å². The molecule has 100 valence electrons. The summed E-state index contributed by atoms with van der Waals surface area (Å²) in [7, 11) is 0. The smallest absolute Gasteiger partial charge is 0.133 e. The molecular weight excluding hydrogens is 261 g/mol. The van der Waals surface area contributed by atoms with E-state index in [-0.39, 0.29) is 10.8 Å². The average Bonchev–Trinajstić information content (AvgIpc) is 2.79. The summed E-state index contributed by atoms with van der Waals surface area (Å²) in [5.74, 6) is 0.652. The molecule has 1 aromatic carbocycles. The molecule has 0 aliphatic heterocycles. The lowest BCUT2D eigenvalue weighted by Crippen LogP contribution is -2.13. The summed E-state index contributed by atoms with van der Waals surface area (Å²) >= 11 is 4.84. The quantitative estimate of drug-likeness (QED) is 0.855. The number of hydrogen-bond acceptors (Lipinski definition) is 2. The second-order valence-corrected chi connectivity index (χ2v) is 4.84. The molecule has 2 rings (SSSR count). The van der Waals surface area contributed by atoms with Crippen molar-refractivity contribution in [2.75, 3.05) is 0 Å². The fraction of sp³-hybridized carbons (Fsp3) is 0.286. The standard InChI is InChI=1S/C14H16FN3S/c1-2-3-13-17-6-7-18(13)9-10-4-5-12(15)11(8-10)14(16)19/h4-8H,2-3,9H2,1H3,(H2,16,19). The van der Waals surface area contributed by atoms with Gasteiger partial charge in [-0.15, -0.1) is 0 Å². The molecule has 0 atom stereocenters. The van der Waals surface area contributed by atoms with E-state index in [1.165, 1.54) is 6.07 Å². The molecule has 1 heterocycles. The second-order valence-electron chi connectivity index (χ2n) is 4.40. The molecule has 0 bridgehead atoms. The van der Waals surface area contributed by atoms with Crippen LogP contribution in [0.5, 0.6) is 0 Å². The number of rotatable bonds is 5. The molecule has 0 aliphatic carbocycles. The van der Waals surface area contributed by atoms with E-state index in [0.717, 1.165) is 24.2 Å². The van der Waals surface area contributed by atoms with Gasteiger partial charge >= 0.3 is 0 Å². The van der Waals surface area contributed by atoms with Crippen molar-refractivity contribution < 1.29 is 4.39 Å². The molecule has 0 spiro atoms. The second kappa shape index (κ2) is 5.93. The Balaban J connectivity index is 2.26. The van der Waals surface area contributed by atoms with Gasteiger partial charge in [-0.25, -0.2) is 9.37 Å². The molecule has 3 nitrogen and oxygen atoms in total. The Labute approximate surface area is 117 Å². The van der Waals surface area contributed by atoms with Gasteiger partial charge in [0.2, 0.25) is 0 Å². The van der Waals surface area contributed by atoms with Crippen LogP contribution >= 0.6 is 12.2 Å². The van der Waals surface area contributed by atoms with Gasteiger partial charge in [0.25, 0.3) is 0 Å². The van der Waals surface area contributed by atoms with Crippen LogP contribution in [0, 0.1) is 5.82 Å². The van der Waals surface area contributed by atoms with Crippen LogP contribution in [0.25, 0.3) is 0 Å².